The van der Waals surface area contributed by atoms with Gasteiger partial charge in [-0.15, -0.1) is 0 Å². The molecule has 292 valence electrons. The molecule has 0 fully saturated rings. The Labute approximate surface area is 290 Å². The average molecular weight is 912 g/mol. The highest BCUT2D eigenvalue weighted by atomic mass is 127. The molecule has 0 spiro atoms. The molecule has 0 amide bonds. The van der Waals surface area contributed by atoms with Crippen LogP contribution in [0.4, 0.5) is 83.4 Å². The summed E-state index contributed by atoms with van der Waals surface area (Å²) in [6.45, 7) is 0. The van der Waals surface area contributed by atoms with Gasteiger partial charge in [-0.2, -0.15) is 83.4 Å². The zero-order valence-electron chi connectivity index (χ0n) is 24.6. The van der Waals surface area contributed by atoms with E-state index in [9.17, 15) is 98.1 Å². The van der Waals surface area contributed by atoms with Crippen LogP contribution >= 0.6 is 0 Å². The number of fused-ring (bicyclic) bond motifs is 2. The third-order valence-electron chi connectivity index (χ3n) is 6.86. The summed E-state index contributed by atoms with van der Waals surface area (Å²) in [7, 11) is 0. The van der Waals surface area contributed by atoms with Crippen molar-refractivity contribution < 1.29 is 119 Å². The van der Waals surface area contributed by atoms with Crippen molar-refractivity contribution in [2.24, 2.45) is 0 Å². The fraction of sp³-hybridized carbons (Fsp3) is 0.310. The van der Waals surface area contributed by atoms with E-state index in [-0.39, 0.29) is 26.6 Å². The second kappa shape index (κ2) is 13.7. The van der Waals surface area contributed by atoms with E-state index in [4.69, 9.17) is 4.42 Å². The zero-order chi connectivity index (χ0) is 41.0. The molecular weight excluding hydrogens is 900 g/mol. The number of carbonyl (C=O) groups is 1. The predicted octanol–water partition coefficient (Wildman–Crippen LogP) is 5.46. The van der Waals surface area contributed by atoms with Gasteiger partial charge >= 0.3 is 74.8 Å². The Hall–Kier alpha value is -4.00. The van der Waals surface area contributed by atoms with E-state index >= 15 is 0 Å². The van der Waals surface area contributed by atoms with E-state index in [2.05, 4.69) is 30.3 Å². The number of hydrogen-bond acceptors (Lipinski definition) is 4. The number of aliphatic carboxylic acids is 1. The molecule has 0 radical (unpaired) electrons. The first-order chi connectivity index (χ1) is 23.8. The van der Waals surface area contributed by atoms with Crippen LogP contribution in [0.25, 0.3) is 21.9 Å². The van der Waals surface area contributed by atoms with Gasteiger partial charge in [0.1, 0.15) is 17.1 Å². The highest BCUT2D eigenvalue weighted by molar-refractivity contribution is 5.89. The summed E-state index contributed by atoms with van der Waals surface area (Å²) in [5, 5.41) is 11.0. The highest BCUT2D eigenvalue weighted by Gasteiger charge is 2.96. The number of alkyl halides is 19. The summed E-state index contributed by atoms with van der Waals surface area (Å²) in [6, 6.07) is 23.8. The molecular formula is C29H12F19IO4. The molecule has 4 rings (SSSR count). The van der Waals surface area contributed by atoms with Crippen LogP contribution in [-0.2, 0) is 4.79 Å². The summed E-state index contributed by atoms with van der Waals surface area (Å²) >= 11 is -0.284. The topological polar surface area (TPSA) is 70.3 Å². The lowest BCUT2D eigenvalue weighted by Crippen LogP contribution is -3.61. The third-order valence-corrected chi connectivity index (χ3v) is 9.50. The lowest BCUT2D eigenvalue weighted by molar-refractivity contribution is -0.597. The van der Waals surface area contributed by atoms with Gasteiger partial charge in [0.15, 0.2) is 7.14 Å². The highest BCUT2D eigenvalue weighted by Crippen LogP contribution is 2.65. The number of hydrogen-bond donors (Lipinski definition) is 0. The standard InChI is InChI=1S/C19H12IO2.C10HF19O2/c21-19-15-8-4-5-9-17(15)22-18-11-10-14(12-16(18)19)20-13-6-2-1-3-7-13;11-2(12,1(30)31)3(13,14)4(15,16)5(17,18)6(19,20)7(21,22)8(23,24)9(25,26)10(27,28)29/h1-12H;(H,30,31)/q+1;/p-1. The predicted molar refractivity (Wildman–Crippen MR) is 134 cm³/mol. The third kappa shape index (κ3) is 6.82. The van der Waals surface area contributed by atoms with Gasteiger partial charge < -0.3 is 14.3 Å². The van der Waals surface area contributed by atoms with Gasteiger partial charge in [-0.1, -0.05) is 30.3 Å². The second-order valence-corrected chi connectivity index (χ2v) is 13.4. The second-order valence-electron chi connectivity index (χ2n) is 10.3. The largest absolute Gasteiger partial charge is 0.544 e. The first-order valence-electron chi connectivity index (χ1n) is 13.2. The molecule has 4 nitrogen and oxygen atoms in total. The number of carbonyl (C=O) groups excluding carboxylic acids is 1. The number of para-hydroxylation sites is 1. The van der Waals surface area contributed by atoms with Crippen molar-refractivity contribution in [3.63, 3.8) is 0 Å². The Bertz CT molecular complexity index is 2030. The Morgan fingerprint density at radius 2 is 0.906 bits per heavy atom. The van der Waals surface area contributed by atoms with Crippen LogP contribution in [-0.4, -0.2) is 59.5 Å². The fourth-order valence-corrected chi connectivity index (χ4v) is 6.25. The molecule has 3 aromatic carbocycles. The Balaban J connectivity index is 0.000000298. The maximum atomic E-state index is 13.1. The molecule has 0 atom stereocenters. The van der Waals surface area contributed by atoms with Crippen LogP contribution in [0.1, 0.15) is 0 Å². The lowest BCUT2D eigenvalue weighted by atomic mass is 9.87. The van der Waals surface area contributed by atoms with E-state index in [1.165, 1.54) is 7.14 Å². The molecule has 0 saturated heterocycles. The zero-order valence-corrected chi connectivity index (χ0v) is 26.8. The maximum Gasteiger partial charge on any atom is 0.460 e. The number of halogens is 20. The van der Waals surface area contributed by atoms with E-state index in [0.717, 1.165) is 0 Å². The lowest BCUT2D eigenvalue weighted by Gasteiger charge is -2.43. The minimum absolute atomic E-state index is 0.0516. The molecule has 1 heterocycles. The molecule has 0 N–H and O–H groups in total. The molecule has 0 saturated carbocycles. The molecule has 0 aliphatic heterocycles. The van der Waals surface area contributed by atoms with Crippen molar-refractivity contribution in [2.45, 2.75) is 53.6 Å². The number of rotatable bonds is 10. The van der Waals surface area contributed by atoms with Gasteiger partial charge in [0.25, 0.3) is 0 Å². The molecule has 24 heteroatoms. The monoisotopic (exact) mass is 912 g/mol. The van der Waals surface area contributed by atoms with Crippen LogP contribution in [0.15, 0.2) is 82.0 Å². The summed E-state index contributed by atoms with van der Waals surface area (Å²) in [4.78, 5) is 22.3. The van der Waals surface area contributed by atoms with Gasteiger partial charge in [-0.3, -0.25) is 4.79 Å². The molecule has 4 aromatic rings. The van der Waals surface area contributed by atoms with E-state index in [1.54, 1.807) is 0 Å². The van der Waals surface area contributed by atoms with Crippen LogP contribution in [0.2, 0.25) is 0 Å². The first kappa shape index (κ1) is 43.4. The maximum absolute atomic E-state index is 13.1. The summed E-state index contributed by atoms with van der Waals surface area (Å²) in [6.07, 6.45) is -7.96. The van der Waals surface area contributed by atoms with E-state index in [1.807, 2.05) is 42.5 Å². The number of carboxylic acids is 1. The average Bonchev–Trinajstić information content (AvgIpc) is 3.04. The van der Waals surface area contributed by atoms with Crippen LogP contribution < -0.4 is 31.7 Å². The quantitative estimate of drug-likeness (QED) is 0.121. The smallest absolute Gasteiger partial charge is 0.460 e. The summed E-state index contributed by atoms with van der Waals surface area (Å²) < 4.78 is 250. The van der Waals surface area contributed by atoms with Gasteiger partial charge in [-0.05, 0) is 36.4 Å². The Kier molecular flexibility index (Phi) is 11.2. The molecule has 0 aliphatic rings. The molecule has 0 unspecified atom stereocenters. The minimum Gasteiger partial charge on any atom is -0.544 e. The van der Waals surface area contributed by atoms with E-state index in [0.29, 0.717) is 21.9 Å². The van der Waals surface area contributed by atoms with E-state index < -0.39 is 59.5 Å². The Morgan fingerprint density at radius 1 is 0.491 bits per heavy atom. The summed E-state index contributed by atoms with van der Waals surface area (Å²) in [5.74, 6) is -73.8. The normalized spacial score (nSPS) is 14.2. The van der Waals surface area contributed by atoms with Crippen molar-refractivity contribution in [1.82, 2.24) is 0 Å². The van der Waals surface area contributed by atoms with Crippen molar-refractivity contribution in [2.75, 3.05) is 0 Å². The van der Waals surface area contributed by atoms with Crippen LogP contribution in [0, 0.1) is 7.14 Å². The molecule has 0 bridgehead atoms. The van der Waals surface area contributed by atoms with Gasteiger partial charge in [0, 0.05) is 6.07 Å². The summed E-state index contributed by atoms with van der Waals surface area (Å²) in [5.41, 5.74) is 1.35. The van der Waals surface area contributed by atoms with Crippen molar-refractivity contribution in [3.8, 4) is 0 Å². The van der Waals surface area contributed by atoms with Gasteiger partial charge in [0.2, 0.25) is 5.43 Å². The van der Waals surface area contributed by atoms with Gasteiger partial charge in [0.05, 0.1) is 10.8 Å². The first-order valence-corrected chi connectivity index (χ1v) is 15.4. The molecule has 0 aliphatic carbocycles. The Morgan fingerprint density at radius 3 is 1.38 bits per heavy atom. The van der Waals surface area contributed by atoms with Crippen molar-refractivity contribution in [3.05, 3.63) is 90.2 Å². The van der Waals surface area contributed by atoms with Gasteiger partial charge in [-0.25, -0.2) is 0 Å². The fourth-order valence-electron chi connectivity index (χ4n) is 3.93. The van der Waals surface area contributed by atoms with Crippen molar-refractivity contribution in [1.29, 1.82) is 0 Å². The van der Waals surface area contributed by atoms with Crippen LogP contribution in [0.5, 0.6) is 0 Å². The number of benzene rings is 3. The molecule has 1 aromatic heterocycles. The SMILES string of the molecule is O=C([O-])C(F)(F)C(F)(F)C(F)(F)C(F)(F)C(F)(F)C(F)(F)C(F)(F)C(F)(F)C(F)(F)F.O=c1c2ccccc2oc2ccc([I+]c3ccccc3)cc12. The number of carboxylic acid groups (broad SMARTS) is 1. The molecule has 53 heavy (non-hydrogen) atoms. The van der Waals surface area contributed by atoms with Crippen LogP contribution in [0.3, 0.4) is 0 Å². The minimum atomic E-state index is -9.08. The van der Waals surface area contributed by atoms with Crippen molar-refractivity contribution >= 4 is 27.9 Å².